The van der Waals surface area contributed by atoms with E-state index in [0.717, 1.165) is 18.5 Å². The highest BCUT2D eigenvalue weighted by molar-refractivity contribution is 6.27. The van der Waals surface area contributed by atoms with E-state index in [1.807, 2.05) is 26.0 Å². The first kappa shape index (κ1) is 22.4. The molecule has 1 amide bonds. The second kappa shape index (κ2) is 11.1. The van der Waals surface area contributed by atoms with Crippen LogP contribution in [0.15, 0.2) is 18.3 Å². The van der Waals surface area contributed by atoms with Crippen molar-refractivity contribution in [2.75, 3.05) is 21.1 Å². The van der Waals surface area contributed by atoms with Crippen molar-refractivity contribution in [2.24, 2.45) is 0 Å². The van der Waals surface area contributed by atoms with Gasteiger partial charge in [-0.1, -0.05) is 19.3 Å². The Balaban J connectivity index is 0.000000527. The van der Waals surface area contributed by atoms with Crippen LogP contribution >= 0.6 is 0 Å². The molecule has 0 spiro atoms. The van der Waals surface area contributed by atoms with Crippen LogP contribution in [0.5, 0.6) is 5.75 Å². The quantitative estimate of drug-likeness (QED) is 0.761. The Morgan fingerprint density at radius 1 is 1.11 bits per heavy atom. The molecular formula is C18H27N3O6. The van der Waals surface area contributed by atoms with Crippen molar-refractivity contribution in [2.45, 2.75) is 44.7 Å². The van der Waals surface area contributed by atoms with Crippen molar-refractivity contribution in [1.82, 2.24) is 14.8 Å². The number of hydrogen-bond acceptors (Lipinski definition) is 6. The van der Waals surface area contributed by atoms with Crippen molar-refractivity contribution in [3.8, 4) is 5.75 Å². The lowest BCUT2D eigenvalue weighted by Gasteiger charge is -2.30. The second-order valence-electron chi connectivity index (χ2n) is 6.57. The molecule has 0 saturated heterocycles. The lowest BCUT2D eigenvalue weighted by atomic mass is 9.95. The fourth-order valence-corrected chi connectivity index (χ4v) is 2.72. The molecule has 0 aromatic carbocycles. The molecule has 0 radical (unpaired) electrons. The molecule has 150 valence electrons. The Labute approximate surface area is 158 Å². The number of nitrogens with zero attached hydrogens (tertiary/aromatic N) is 3. The van der Waals surface area contributed by atoms with Crippen LogP contribution in [0.1, 0.15) is 37.8 Å². The number of aromatic nitrogens is 1. The summed E-state index contributed by atoms with van der Waals surface area (Å²) in [7, 11) is 5.77. The summed E-state index contributed by atoms with van der Waals surface area (Å²) in [6.07, 6.45) is 7.25. The highest BCUT2D eigenvalue weighted by Gasteiger charge is 2.24. The van der Waals surface area contributed by atoms with Crippen molar-refractivity contribution < 1.29 is 29.3 Å². The number of carbonyl (C=O) groups is 3. The number of amides is 1. The average molecular weight is 381 g/mol. The van der Waals surface area contributed by atoms with Gasteiger partial charge < -0.3 is 24.7 Å². The standard InChI is InChI=1S/C16H25N3O2.C2H2O4/c1-18(2)12-14-15(10-7-11-17-14)21-16(20)19(3)13-8-5-4-6-9-13;3-1(4)2(5)6/h7,10-11,13H,4-6,8-9,12H2,1-3H3;(H,3,4)(H,5,6). The van der Waals surface area contributed by atoms with E-state index in [2.05, 4.69) is 4.98 Å². The summed E-state index contributed by atoms with van der Waals surface area (Å²) in [5.74, 6) is -3.09. The molecule has 0 unspecified atom stereocenters. The van der Waals surface area contributed by atoms with E-state index in [1.165, 1.54) is 19.3 Å². The van der Waals surface area contributed by atoms with Gasteiger partial charge in [0.1, 0.15) is 0 Å². The lowest BCUT2D eigenvalue weighted by Crippen LogP contribution is -2.40. The highest BCUT2D eigenvalue weighted by atomic mass is 16.6. The minimum absolute atomic E-state index is 0.282. The topological polar surface area (TPSA) is 120 Å². The van der Waals surface area contributed by atoms with Gasteiger partial charge in [-0.05, 0) is 39.1 Å². The van der Waals surface area contributed by atoms with Crippen LogP contribution in [0.25, 0.3) is 0 Å². The minimum Gasteiger partial charge on any atom is -0.473 e. The zero-order valence-electron chi connectivity index (χ0n) is 15.9. The molecule has 0 aliphatic heterocycles. The SMILES string of the molecule is CN(C)Cc1ncccc1OC(=O)N(C)C1CCCCC1.O=C(O)C(=O)O. The third kappa shape index (κ3) is 8.04. The van der Waals surface area contributed by atoms with Crippen LogP contribution in [0.3, 0.4) is 0 Å². The summed E-state index contributed by atoms with van der Waals surface area (Å²) in [6, 6.07) is 3.90. The highest BCUT2D eigenvalue weighted by Crippen LogP contribution is 2.23. The van der Waals surface area contributed by atoms with E-state index >= 15 is 0 Å². The largest absolute Gasteiger partial charge is 0.473 e. The molecule has 0 atom stereocenters. The third-order valence-electron chi connectivity index (χ3n) is 4.11. The summed E-state index contributed by atoms with van der Waals surface area (Å²) in [5.41, 5.74) is 0.785. The summed E-state index contributed by atoms with van der Waals surface area (Å²) < 4.78 is 5.56. The van der Waals surface area contributed by atoms with Crippen molar-refractivity contribution >= 4 is 18.0 Å². The number of carboxylic acids is 2. The molecule has 1 aromatic heterocycles. The summed E-state index contributed by atoms with van der Waals surface area (Å²) in [6.45, 7) is 0.649. The lowest BCUT2D eigenvalue weighted by molar-refractivity contribution is -0.159. The molecule has 27 heavy (non-hydrogen) atoms. The van der Waals surface area contributed by atoms with Crippen LogP contribution < -0.4 is 4.74 Å². The molecule has 1 aliphatic rings. The first-order chi connectivity index (χ1) is 12.7. The third-order valence-corrected chi connectivity index (χ3v) is 4.11. The Kier molecular flexibility index (Phi) is 9.21. The van der Waals surface area contributed by atoms with Gasteiger partial charge in [-0.3, -0.25) is 4.98 Å². The first-order valence-corrected chi connectivity index (χ1v) is 8.71. The molecule has 2 N–H and O–H groups in total. The normalized spacial score (nSPS) is 14.1. The van der Waals surface area contributed by atoms with Crippen LogP contribution in [-0.4, -0.2) is 70.2 Å². The Morgan fingerprint density at radius 2 is 1.70 bits per heavy atom. The zero-order valence-corrected chi connectivity index (χ0v) is 15.9. The van der Waals surface area contributed by atoms with E-state index in [-0.39, 0.29) is 6.09 Å². The van der Waals surface area contributed by atoms with Crippen LogP contribution in [0.4, 0.5) is 4.79 Å². The second-order valence-corrected chi connectivity index (χ2v) is 6.57. The Bertz CT molecular complexity index is 632. The van der Waals surface area contributed by atoms with E-state index in [4.69, 9.17) is 24.5 Å². The maximum atomic E-state index is 12.3. The monoisotopic (exact) mass is 381 g/mol. The average Bonchev–Trinajstić information content (AvgIpc) is 2.63. The van der Waals surface area contributed by atoms with Gasteiger partial charge >= 0.3 is 18.0 Å². The van der Waals surface area contributed by atoms with E-state index in [9.17, 15) is 4.79 Å². The molecule has 1 heterocycles. The fourth-order valence-electron chi connectivity index (χ4n) is 2.72. The number of aliphatic carboxylic acids is 2. The van der Waals surface area contributed by atoms with Gasteiger partial charge in [0.15, 0.2) is 5.75 Å². The summed E-state index contributed by atoms with van der Waals surface area (Å²) in [5, 5.41) is 14.8. The molecule has 1 fully saturated rings. The summed E-state index contributed by atoms with van der Waals surface area (Å²) >= 11 is 0. The smallest absolute Gasteiger partial charge is 0.415 e. The van der Waals surface area contributed by atoms with Crippen LogP contribution in [-0.2, 0) is 16.1 Å². The van der Waals surface area contributed by atoms with Gasteiger partial charge in [-0.2, -0.15) is 0 Å². The predicted octanol–water partition coefficient (Wildman–Crippen LogP) is 2.06. The maximum Gasteiger partial charge on any atom is 0.415 e. The number of ether oxygens (including phenoxy) is 1. The first-order valence-electron chi connectivity index (χ1n) is 8.71. The molecule has 0 bridgehead atoms. The maximum absolute atomic E-state index is 12.3. The summed E-state index contributed by atoms with van der Waals surface area (Å²) in [4.78, 5) is 38.6. The van der Waals surface area contributed by atoms with Gasteiger partial charge in [0.25, 0.3) is 0 Å². The number of carbonyl (C=O) groups excluding carboxylic acids is 1. The zero-order chi connectivity index (χ0) is 20.4. The van der Waals surface area contributed by atoms with E-state index in [1.54, 1.807) is 23.2 Å². The van der Waals surface area contributed by atoms with Gasteiger partial charge in [-0.15, -0.1) is 0 Å². The molecule has 9 nitrogen and oxygen atoms in total. The van der Waals surface area contributed by atoms with Gasteiger partial charge in [0.05, 0.1) is 5.69 Å². The number of rotatable bonds is 4. The molecule has 2 rings (SSSR count). The van der Waals surface area contributed by atoms with Gasteiger partial charge in [0.2, 0.25) is 0 Å². The molecule has 1 saturated carbocycles. The van der Waals surface area contributed by atoms with Crippen LogP contribution in [0, 0.1) is 0 Å². The molecule has 1 aromatic rings. The predicted molar refractivity (Wildman–Crippen MR) is 97.6 cm³/mol. The number of pyridine rings is 1. The number of carboxylic acid groups (broad SMARTS) is 2. The van der Waals surface area contributed by atoms with Gasteiger partial charge in [0, 0.05) is 25.8 Å². The van der Waals surface area contributed by atoms with Crippen molar-refractivity contribution in [1.29, 1.82) is 0 Å². The minimum atomic E-state index is -1.82. The Hall–Kier alpha value is -2.68. The fraction of sp³-hybridized carbons (Fsp3) is 0.556. The van der Waals surface area contributed by atoms with Crippen molar-refractivity contribution in [3.05, 3.63) is 24.0 Å². The van der Waals surface area contributed by atoms with E-state index in [0.29, 0.717) is 18.3 Å². The van der Waals surface area contributed by atoms with Crippen LogP contribution in [0.2, 0.25) is 0 Å². The Morgan fingerprint density at radius 3 is 2.22 bits per heavy atom. The van der Waals surface area contributed by atoms with Gasteiger partial charge in [-0.25, -0.2) is 14.4 Å². The number of hydrogen-bond donors (Lipinski definition) is 2. The molecule has 9 heteroatoms. The van der Waals surface area contributed by atoms with E-state index < -0.39 is 11.9 Å². The molecule has 1 aliphatic carbocycles. The molecular weight excluding hydrogens is 354 g/mol. The van der Waals surface area contributed by atoms with Crippen molar-refractivity contribution in [3.63, 3.8) is 0 Å².